The maximum atomic E-state index is 12.3. The molecule has 2 unspecified atom stereocenters. The number of carbonyl (C=O) groups is 2. The first kappa shape index (κ1) is 24.1. The van der Waals surface area contributed by atoms with Gasteiger partial charge in [0.05, 0.1) is 12.8 Å². The maximum absolute atomic E-state index is 12.3. The van der Waals surface area contributed by atoms with E-state index >= 15 is 0 Å². The van der Waals surface area contributed by atoms with Crippen LogP contribution in [-0.2, 0) is 28.9 Å². The van der Waals surface area contributed by atoms with Crippen molar-refractivity contribution in [1.82, 2.24) is 30.4 Å². The molecular weight excluding hydrogens is 496 g/mol. The topological polar surface area (TPSA) is 136 Å². The van der Waals surface area contributed by atoms with Crippen LogP contribution in [0.4, 0.5) is 10.3 Å². The number of pyridine rings is 2. The fraction of sp³-hybridized carbons (Fsp3) is 0.333. The minimum absolute atomic E-state index is 0.153. The van der Waals surface area contributed by atoms with Gasteiger partial charge in [0.1, 0.15) is 10.0 Å². The zero-order valence-corrected chi connectivity index (χ0v) is 21.0. The van der Waals surface area contributed by atoms with Gasteiger partial charge in [-0.05, 0) is 49.4 Å². The highest BCUT2D eigenvalue weighted by Crippen LogP contribution is 2.41. The normalized spacial score (nSPS) is 17.1. The van der Waals surface area contributed by atoms with Gasteiger partial charge in [0.2, 0.25) is 22.1 Å². The molecule has 10 nitrogen and oxygen atoms in total. The molecule has 4 heterocycles. The summed E-state index contributed by atoms with van der Waals surface area (Å²) in [7, 11) is 0. The van der Waals surface area contributed by atoms with E-state index in [-0.39, 0.29) is 24.7 Å². The average molecular weight is 521 g/mol. The van der Waals surface area contributed by atoms with E-state index in [0.717, 1.165) is 35.7 Å². The highest BCUT2D eigenvalue weighted by Gasteiger charge is 2.29. The second-order valence-electron chi connectivity index (χ2n) is 8.62. The molecule has 0 aliphatic heterocycles. The molecule has 4 aromatic rings. The third kappa shape index (κ3) is 6.52. The molecule has 1 aliphatic carbocycles. The number of hydrogen-bond donors (Lipinski definition) is 2. The van der Waals surface area contributed by atoms with Crippen molar-refractivity contribution in [2.75, 3.05) is 10.6 Å². The monoisotopic (exact) mass is 520 g/mol. The minimum Gasteiger partial charge on any atom is -0.300 e. The van der Waals surface area contributed by atoms with Gasteiger partial charge in [0.15, 0.2) is 0 Å². The van der Waals surface area contributed by atoms with Crippen molar-refractivity contribution < 1.29 is 9.59 Å². The minimum atomic E-state index is -0.156. The molecule has 2 atom stereocenters. The van der Waals surface area contributed by atoms with Gasteiger partial charge in [0.25, 0.3) is 0 Å². The molecule has 0 radical (unpaired) electrons. The maximum Gasteiger partial charge on any atom is 0.232 e. The van der Waals surface area contributed by atoms with Gasteiger partial charge in [0, 0.05) is 36.1 Å². The van der Waals surface area contributed by atoms with Crippen molar-refractivity contribution in [3.63, 3.8) is 0 Å². The Morgan fingerprint density at radius 1 is 0.806 bits per heavy atom. The zero-order valence-electron chi connectivity index (χ0n) is 19.3. The van der Waals surface area contributed by atoms with Crippen LogP contribution in [0.1, 0.15) is 46.6 Å². The van der Waals surface area contributed by atoms with E-state index in [4.69, 9.17) is 0 Å². The van der Waals surface area contributed by atoms with E-state index in [2.05, 4.69) is 41.0 Å². The van der Waals surface area contributed by atoms with Crippen LogP contribution in [0.25, 0.3) is 0 Å². The Balaban J connectivity index is 1.09. The quantitative estimate of drug-likeness (QED) is 0.341. The predicted molar refractivity (Wildman–Crippen MR) is 137 cm³/mol. The van der Waals surface area contributed by atoms with Crippen LogP contribution in [0, 0.1) is 5.92 Å². The SMILES string of the molecule is O=C(Cc1ccccn1)Nc1nnc(CC2CCC(c3nnc(NC(=O)Cc4ccccn4)s3)C2)s1. The standard InChI is InChI=1S/C24H24N8O2S2/c33-19(13-17-5-1-3-9-25-17)27-23-31-29-21(35-23)12-15-7-8-16(11-15)22-30-32-24(36-22)28-20(34)14-18-6-2-4-10-26-18/h1-6,9-10,15-16H,7-8,11-14H2,(H,27,31,33)(H,28,32,34). The van der Waals surface area contributed by atoms with Gasteiger partial charge in [-0.25, -0.2) is 0 Å². The summed E-state index contributed by atoms with van der Waals surface area (Å²) >= 11 is 2.85. The number of aromatic nitrogens is 6. The molecule has 1 fully saturated rings. The Morgan fingerprint density at radius 2 is 1.44 bits per heavy atom. The molecule has 1 saturated carbocycles. The Bertz CT molecular complexity index is 1310. The molecule has 2 N–H and O–H groups in total. The zero-order chi connectivity index (χ0) is 24.7. The fourth-order valence-electron chi connectivity index (χ4n) is 4.23. The average Bonchev–Trinajstić information content (AvgIpc) is 3.62. The third-order valence-electron chi connectivity index (χ3n) is 5.89. The fourth-order valence-corrected chi connectivity index (χ4v) is 6.01. The van der Waals surface area contributed by atoms with Crippen LogP contribution >= 0.6 is 22.7 Å². The number of hydrogen-bond acceptors (Lipinski definition) is 10. The molecule has 1 aliphatic rings. The van der Waals surface area contributed by atoms with E-state index in [9.17, 15) is 9.59 Å². The molecule has 36 heavy (non-hydrogen) atoms. The Hall–Kier alpha value is -3.64. The number of carbonyl (C=O) groups excluding carboxylic acids is 2. The summed E-state index contributed by atoms with van der Waals surface area (Å²) in [4.78, 5) is 32.9. The van der Waals surface area contributed by atoms with Gasteiger partial charge in [-0.1, -0.05) is 34.8 Å². The van der Waals surface area contributed by atoms with E-state index in [1.165, 1.54) is 22.7 Å². The van der Waals surface area contributed by atoms with Crippen molar-refractivity contribution in [2.45, 2.75) is 44.4 Å². The van der Waals surface area contributed by atoms with Gasteiger partial charge in [-0.2, -0.15) is 0 Å². The molecule has 0 saturated heterocycles. The van der Waals surface area contributed by atoms with Crippen molar-refractivity contribution >= 4 is 44.8 Å². The van der Waals surface area contributed by atoms with Crippen LogP contribution in [0.15, 0.2) is 48.8 Å². The van der Waals surface area contributed by atoms with Gasteiger partial charge in [-0.15, -0.1) is 20.4 Å². The van der Waals surface area contributed by atoms with Gasteiger partial charge >= 0.3 is 0 Å². The van der Waals surface area contributed by atoms with Gasteiger partial charge in [-0.3, -0.25) is 19.6 Å². The summed E-state index contributed by atoms with van der Waals surface area (Å²) in [5.74, 6) is 0.474. The predicted octanol–water partition coefficient (Wildman–Crippen LogP) is 3.67. The van der Waals surface area contributed by atoms with Crippen molar-refractivity contribution in [2.24, 2.45) is 5.92 Å². The first-order valence-corrected chi connectivity index (χ1v) is 13.3. The number of nitrogens with one attached hydrogen (secondary N) is 2. The number of nitrogens with zero attached hydrogens (tertiary/aromatic N) is 6. The van der Waals surface area contributed by atoms with E-state index < -0.39 is 0 Å². The summed E-state index contributed by atoms with van der Waals surface area (Å²) in [6.45, 7) is 0. The third-order valence-corrected chi connectivity index (χ3v) is 7.75. The first-order valence-electron chi connectivity index (χ1n) is 11.7. The summed E-state index contributed by atoms with van der Waals surface area (Å²) < 4.78 is 0. The van der Waals surface area contributed by atoms with Crippen molar-refractivity contribution in [3.8, 4) is 0 Å². The molecule has 0 bridgehead atoms. The largest absolute Gasteiger partial charge is 0.300 e. The Morgan fingerprint density at radius 3 is 2.08 bits per heavy atom. The lowest BCUT2D eigenvalue weighted by atomic mass is 10.0. The molecule has 0 aromatic carbocycles. The molecular formula is C24H24N8O2S2. The second kappa shape index (κ2) is 11.4. The first-order chi connectivity index (χ1) is 17.6. The Labute approximate surface area is 215 Å². The summed E-state index contributed by atoms with van der Waals surface area (Å²) in [5.41, 5.74) is 1.43. The lowest BCUT2D eigenvalue weighted by molar-refractivity contribution is -0.116. The number of rotatable bonds is 9. The molecule has 2 amide bonds. The molecule has 4 aromatic heterocycles. The highest BCUT2D eigenvalue weighted by atomic mass is 32.1. The molecule has 5 rings (SSSR count). The summed E-state index contributed by atoms with van der Waals surface area (Å²) in [6, 6.07) is 11.0. The van der Waals surface area contributed by atoms with Gasteiger partial charge < -0.3 is 10.6 Å². The Kier molecular flexibility index (Phi) is 7.62. The molecule has 0 spiro atoms. The van der Waals surface area contributed by atoms with E-state index in [1.807, 2.05) is 36.4 Å². The van der Waals surface area contributed by atoms with E-state index in [0.29, 0.717) is 33.5 Å². The molecule has 12 heteroatoms. The van der Waals surface area contributed by atoms with Crippen molar-refractivity contribution in [1.29, 1.82) is 0 Å². The lowest BCUT2D eigenvalue weighted by Crippen LogP contribution is -2.14. The van der Waals surface area contributed by atoms with Crippen LogP contribution < -0.4 is 10.6 Å². The van der Waals surface area contributed by atoms with Crippen LogP contribution in [0.2, 0.25) is 0 Å². The molecule has 184 valence electrons. The van der Waals surface area contributed by atoms with Crippen LogP contribution in [0.5, 0.6) is 0 Å². The van der Waals surface area contributed by atoms with Crippen LogP contribution in [0.3, 0.4) is 0 Å². The highest BCUT2D eigenvalue weighted by molar-refractivity contribution is 7.15. The lowest BCUT2D eigenvalue weighted by Gasteiger charge is -2.07. The summed E-state index contributed by atoms with van der Waals surface area (Å²) in [6.07, 6.45) is 7.63. The van der Waals surface area contributed by atoms with Crippen LogP contribution in [-0.4, -0.2) is 42.2 Å². The number of amides is 2. The second-order valence-corrected chi connectivity index (χ2v) is 10.7. The van der Waals surface area contributed by atoms with E-state index in [1.54, 1.807) is 12.4 Å². The van der Waals surface area contributed by atoms with Crippen molar-refractivity contribution in [3.05, 3.63) is 70.2 Å². The summed E-state index contributed by atoms with van der Waals surface area (Å²) in [5, 5.41) is 25.4. The smallest absolute Gasteiger partial charge is 0.232 e. The number of anilines is 2.